The molecule has 0 spiro atoms. The number of imidazole rings is 1. The fraction of sp³-hybridized carbons (Fsp3) is 0.667. The first-order chi connectivity index (χ1) is 7.68. The lowest BCUT2D eigenvalue weighted by molar-refractivity contribution is 0.0870. The van der Waals surface area contributed by atoms with E-state index < -0.39 is 17.1 Å². The molecule has 0 saturated carbocycles. The van der Waals surface area contributed by atoms with Gasteiger partial charge in [0.1, 0.15) is 6.73 Å². The molecule has 0 unspecified atom stereocenters. The largest absolute Gasteiger partial charge is 0.361 e. The van der Waals surface area contributed by atoms with Crippen molar-refractivity contribution in [3.8, 4) is 0 Å². The lowest BCUT2D eigenvalue weighted by Crippen LogP contribution is -2.21. The molecular formula is C9H17ClN2O3SSi. The van der Waals surface area contributed by atoms with E-state index in [1.165, 1.54) is 12.5 Å². The van der Waals surface area contributed by atoms with Crippen molar-refractivity contribution in [2.24, 2.45) is 0 Å². The summed E-state index contributed by atoms with van der Waals surface area (Å²) in [6, 6.07) is 1.07. The number of hydrogen-bond donors (Lipinski definition) is 0. The topological polar surface area (TPSA) is 61.2 Å². The molecule has 0 aliphatic rings. The first kappa shape index (κ1) is 14.7. The molecule has 0 atom stereocenters. The maximum absolute atomic E-state index is 11.0. The molecule has 0 N–H and O–H groups in total. The third-order valence-electron chi connectivity index (χ3n) is 2.10. The van der Waals surface area contributed by atoms with Gasteiger partial charge in [0, 0.05) is 31.6 Å². The standard InChI is InChI=1S/C9H17ClN2O3SSi/c1-17(2,3)5-4-15-8-12-6-9(11-7-12)16(10,13)14/h6-7H,4-5,8H2,1-3H3. The molecule has 0 saturated heterocycles. The molecule has 0 aliphatic carbocycles. The minimum absolute atomic E-state index is 0.145. The monoisotopic (exact) mass is 296 g/mol. The van der Waals surface area contributed by atoms with Crippen LogP contribution in [0.25, 0.3) is 0 Å². The molecule has 0 radical (unpaired) electrons. The zero-order valence-corrected chi connectivity index (χ0v) is 12.8. The van der Waals surface area contributed by atoms with Crippen molar-refractivity contribution >= 4 is 27.8 Å². The summed E-state index contributed by atoms with van der Waals surface area (Å²) in [6.07, 6.45) is 2.75. The number of halogens is 1. The molecule has 1 aromatic rings. The SMILES string of the molecule is C[Si](C)(C)CCOCn1cnc(S(=O)(=O)Cl)c1. The average molecular weight is 297 g/mol. The first-order valence-corrected chi connectivity index (χ1v) is 11.2. The number of nitrogens with zero attached hydrogens (tertiary/aromatic N) is 2. The lowest BCUT2D eigenvalue weighted by atomic mass is 10.8. The van der Waals surface area contributed by atoms with E-state index in [0.717, 1.165) is 6.04 Å². The highest BCUT2D eigenvalue weighted by atomic mass is 35.7. The van der Waals surface area contributed by atoms with Crippen molar-refractivity contribution in [1.82, 2.24) is 9.55 Å². The van der Waals surface area contributed by atoms with E-state index in [9.17, 15) is 8.42 Å². The highest BCUT2D eigenvalue weighted by Crippen LogP contribution is 2.12. The summed E-state index contributed by atoms with van der Waals surface area (Å²) < 4.78 is 28.9. The second-order valence-electron chi connectivity index (χ2n) is 5.01. The van der Waals surface area contributed by atoms with Crippen LogP contribution in [0.3, 0.4) is 0 Å². The van der Waals surface area contributed by atoms with Crippen LogP contribution in [0.5, 0.6) is 0 Å². The number of rotatable bonds is 6. The van der Waals surface area contributed by atoms with E-state index >= 15 is 0 Å². The Morgan fingerprint density at radius 2 is 2.12 bits per heavy atom. The van der Waals surface area contributed by atoms with Crippen LogP contribution in [0, 0.1) is 0 Å². The van der Waals surface area contributed by atoms with E-state index in [2.05, 4.69) is 24.6 Å². The van der Waals surface area contributed by atoms with Crippen LogP contribution in [0.15, 0.2) is 17.6 Å². The van der Waals surface area contributed by atoms with E-state index in [-0.39, 0.29) is 5.03 Å². The summed E-state index contributed by atoms with van der Waals surface area (Å²) in [5.74, 6) is 0. The molecule has 1 aromatic heterocycles. The first-order valence-electron chi connectivity index (χ1n) is 5.23. The van der Waals surface area contributed by atoms with E-state index in [4.69, 9.17) is 15.4 Å². The molecule has 0 fully saturated rings. The van der Waals surface area contributed by atoms with Crippen molar-refractivity contribution in [2.45, 2.75) is 37.4 Å². The Balaban J connectivity index is 2.41. The van der Waals surface area contributed by atoms with Crippen molar-refractivity contribution in [2.75, 3.05) is 6.61 Å². The molecule has 0 aliphatic heterocycles. The second kappa shape index (κ2) is 5.51. The average Bonchev–Trinajstić information content (AvgIpc) is 2.58. The third-order valence-corrected chi connectivity index (χ3v) is 4.98. The minimum Gasteiger partial charge on any atom is -0.361 e. The van der Waals surface area contributed by atoms with Crippen LogP contribution in [-0.2, 0) is 20.5 Å². The molecule has 0 bridgehead atoms. The van der Waals surface area contributed by atoms with Crippen molar-refractivity contribution in [3.05, 3.63) is 12.5 Å². The van der Waals surface area contributed by atoms with Gasteiger partial charge in [-0.3, -0.25) is 0 Å². The summed E-state index contributed by atoms with van der Waals surface area (Å²) in [7, 11) is 0.323. The normalized spacial score (nSPS) is 12.9. The van der Waals surface area contributed by atoms with Crippen LogP contribution in [0.1, 0.15) is 0 Å². The Morgan fingerprint density at radius 1 is 1.47 bits per heavy atom. The predicted octanol–water partition coefficient (Wildman–Crippen LogP) is 2.12. The van der Waals surface area contributed by atoms with E-state index in [0.29, 0.717) is 13.3 Å². The molecule has 98 valence electrons. The molecule has 5 nitrogen and oxygen atoms in total. The quantitative estimate of drug-likeness (QED) is 0.458. The third kappa shape index (κ3) is 5.67. The van der Waals surface area contributed by atoms with Crippen LogP contribution in [0.2, 0.25) is 25.7 Å². The van der Waals surface area contributed by atoms with Gasteiger partial charge in [-0.25, -0.2) is 13.4 Å². The van der Waals surface area contributed by atoms with Gasteiger partial charge >= 0.3 is 0 Å². The van der Waals surface area contributed by atoms with Gasteiger partial charge in [0.2, 0.25) is 0 Å². The summed E-state index contributed by atoms with van der Waals surface area (Å²) in [5.41, 5.74) is 0. The Hall–Kier alpha value is -0.373. The number of hydrogen-bond acceptors (Lipinski definition) is 4. The maximum Gasteiger partial charge on any atom is 0.280 e. The molecule has 17 heavy (non-hydrogen) atoms. The summed E-state index contributed by atoms with van der Waals surface area (Å²) in [4.78, 5) is 3.69. The Labute approximate surface area is 107 Å². The van der Waals surface area contributed by atoms with E-state index in [1.807, 2.05) is 0 Å². The molecule has 1 heterocycles. The fourth-order valence-corrected chi connectivity index (χ4v) is 2.51. The van der Waals surface area contributed by atoms with Gasteiger partial charge in [0.25, 0.3) is 9.05 Å². The predicted molar refractivity (Wildman–Crippen MR) is 69.4 cm³/mol. The van der Waals surface area contributed by atoms with Crippen LogP contribution in [-0.4, -0.2) is 32.6 Å². The summed E-state index contributed by atoms with van der Waals surface area (Å²) in [6.45, 7) is 7.78. The summed E-state index contributed by atoms with van der Waals surface area (Å²) in [5, 5.41) is -0.145. The van der Waals surface area contributed by atoms with Crippen LogP contribution >= 0.6 is 10.7 Å². The van der Waals surface area contributed by atoms with Crippen molar-refractivity contribution in [3.63, 3.8) is 0 Å². The molecule has 0 amide bonds. The highest BCUT2D eigenvalue weighted by molar-refractivity contribution is 8.13. The van der Waals surface area contributed by atoms with Crippen LogP contribution < -0.4 is 0 Å². The zero-order chi connectivity index (χ0) is 13.1. The fourth-order valence-electron chi connectivity index (χ4n) is 1.08. The Morgan fingerprint density at radius 3 is 2.59 bits per heavy atom. The smallest absolute Gasteiger partial charge is 0.280 e. The van der Waals surface area contributed by atoms with E-state index in [1.54, 1.807) is 4.57 Å². The number of aromatic nitrogens is 2. The van der Waals surface area contributed by atoms with Gasteiger partial charge < -0.3 is 9.30 Å². The molecule has 8 heteroatoms. The second-order valence-corrected chi connectivity index (χ2v) is 13.1. The lowest BCUT2D eigenvalue weighted by Gasteiger charge is -2.15. The molecule has 0 aromatic carbocycles. The highest BCUT2D eigenvalue weighted by Gasteiger charge is 2.14. The van der Waals surface area contributed by atoms with Gasteiger partial charge in [-0.15, -0.1) is 0 Å². The Bertz CT molecular complexity index is 467. The van der Waals surface area contributed by atoms with Gasteiger partial charge in [0.15, 0.2) is 5.03 Å². The van der Waals surface area contributed by atoms with Crippen molar-refractivity contribution in [1.29, 1.82) is 0 Å². The minimum atomic E-state index is -3.74. The molecular weight excluding hydrogens is 280 g/mol. The van der Waals surface area contributed by atoms with Crippen LogP contribution in [0.4, 0.5) is 0 Å². The van der Waals surface area contributed by atoms with Crippen molar-refractivity contribution < 1.29 is 13.2 Å². The van der Waals surface area contributed by atoms with Gasteiger partial charge in [-0.05, 0) is 6.04 Å². The maximum atomic E-state index is 11.0. The Kier molecular flexibility index (Phi) is 4.76. The number of ether oxygens (including phenoxy) is 1. The van der Waals surface area contributed by atoms with Gasteiger partial charge in [-0.1, -0.05) is 19.6 Å². The zero-order valence-electron chi connectivity index (χ0n) is 10.2. The molecule has 1 rings (SSSR count). The summed E-state index contributed by atoms with van der Waals surface area (Å²) >= 11 is 0. The van der Waals surface area contributed by atoms with Gasteiger partial charge in [-0.2, -0.15) is 0 Å². The van der Waals surface area contributed by atoms with Gasteiger partial charge in [0.05, 0.1) is 6.33 Å².